The Kier molecular flexibility index (Phi) is 6.15. The van der Waals surface area contributed by atoms with Crippen LogP contribution in [0.4, 0.5) is 11.5 Å². The molecule has 0 saturated carbocycles. The van der Waals surface area contributed by atoms with E-state index in [1.165, 1.54) is 11.8 Å². The summed E-state index contributed by atoms with van der Waals surface area (Å²) in [6.07, 6.45) is 4.13. The van der Waals surface area contributed by atoms with E-state index in [-0.39, 0.29) is 5.91 Å². The Morgan fingerprint density at radius 1 is 0.926 bits per heavy atom. The lowest BCUT2D eigenvalue weighted by molar-refractivity contribution is 0.0746. The molecule has 0 unspecified atom stereocenters. The van der Waals surface area contributed by atoms with Crippen LogP contribution in [0.15, 0.2) is 67.0 Å². The van der Waals surface area contributed by atoms with E-state index in [0.29, 0.717) is 24.6 Å². The Hall–Kier alpha value is -3.21. The van der Waals surface area contributed by atoms with Gasteiger partial charge in [0.05, 0.1) is 12.4 Å². The summed E-state index contributed by atoms with van der Waals surface area (Å²) in [5.74, 6) is 0.495. The highest BCUT2D eigenvalue weighted by molar-refractivity contribution is 5.92. The number of anilines is 2. The molecule has 0 aliphatic heterocycles. The zero-order chi connectivity index (χ0) is 19.1. The highest BCUT2D eigenvalue weighted by atomic mass is 16.2. The summed E-state index contributed by atoms with van der Waals surface area (Å²) in [5, 5.41) is 3.21. The van der Waals surface area contributed by atoms with Gasteiger partial charge in [-0.2, -0.15) is 0 Å². The zero-order valence-electron chi connectivity index (χ0n) is 15.7. The fourth-order valence-electron chi connectivity index (χ4n) is 2.77. The molecule has 0 radical (unpaired) electrons. The standard InChI is InChI=1S/C22H24N4O/c1-3-17-10-12-19(13-11-17)25-21-15-23-20(14-24-21)22(27)26(4-2)16-18-8-6-5-7-9-18/h5-15H,3-4,16H2,1-2H3,(H,24,25). The highest BCUT2D eigenvalue weighted by Gasteiger charge is 2.16. The van der Waals surface area contributed by atoms with E-state index in [2.05, 4.69) is 34.3 Å². The molecule has 1 heterocycles. The summed E-state index contributed by atoms with van der Waals surface area (Å²) in [6.45, 7) is 5.26. The predicted molar refractivity (Wildman–Crippen MR) is 108 cm³/mol. The number of rotatable bonds is 7. The van der Waals surface area contributed by atoms with Crippen molar-refractivity contribution in [1.29, 1.82) is 0 Å². The molecule has 0 fully saturated rings. The molecule has 2 aromatic carbocycles. The maximum absolute atomic E-state index is 12.7. The van der Waals surface area contributed by atoms with Crippen LogP contribution in [0.2, 0.25) is 0 Å². The lowest BCUT2D eigenvalue weighted by atomic mass is 10.1. The summed E-state index contributed by atoms with van der Waals surface area (Å²) in [6, 6.07) is 18.1. The molecule has 1 N–H and O–H groups in total. The normalized spacial score (nSPS) is 10.4. The fourth-order valence-corrected chi connectivity index (χ4v) is 2.77. The third kappa shape index (κ3) is 4.91. The summed E-state index contributed by atoms with van der Waals surface area (Å²) in [4.78, 5) is 23.1. The number of carbonyl (C=O) groups excluding carboxylic acids is 1. The topological polar surface area (TPSA) is 58.1 Å². The lowest BCUT2D eigenvalue weighted by Crippen LogP contribution is -2.31. The molecule has 5 nitrogen and oxygen atoms in total. The Morgan fingerprint density at radius 2 is 1.67 bits per heavy atom. The second-order valence-corrected chi connectivity index (χ2v) is 6.27. The monoisotopic (exact) mass is 360 g/mol. The maximum atomic E-state index is 12.7. The van der Waals surface area contributed by atoms with Crippen molar-refractivity contribution in [1.82, 2.24) is 14.9 Å². The van der Waals surface area contributed by atoms with Gasteiger partial charge in [-0.15, -0.1) is 0 Å². The van der Waals surface area contributed by atoms with Crippen LogP contribution < -0.4 is 5.32 Å². The van der Waals surface area contributed by atoms with Crippen LogP contribution in [-0.4, -0.2) is 27.3 Å². The van der Waals surface area contributed by atoms with Crippen molar-refractivity contribution >= 4 is 17.4 Å². The highest BCUT2D eigenvalue weighted by Crippen LogP contribution is 2.15. The molecule has 3 aromatic rings. The van der Waals surface area contributed by atoms with Crippen molar-refractivity contribution in [3.8, 4) is 0 Å². The van der Waals surface area contributed by atoms with E-state index in [1.807, 2.05) is 49.4 Å². The molecule has 3 rings (SSSR count). The van der Waals surface area contributed by atoms with Crippen LogP contribution in [-0.2, 0) is 13.0 Å². The summed E-state index contributed by atoms with van der Waals surface area (Å²) in [7, 11) is 0. The largest absolute Gasteiger partial charge is 0.339 e. The molecule has 0 saturated heterocycles. The first kappa shape index (κ1) is 18.6. The Balaban J connectivity index is 1.66. The van der Waals surface area contributed by atoms with Gasteiger partial charge in [0, 0.05) is 18.8 Å². The molecule has 0 spiro atoms. The van der Waals surface area contributed by atoms with Crippen molar-refractivity contribution in [3.05, 3.63) is 83.8 Å². The summed E-state index contributed by atoms with van der Waals surface area (Å²) >= 11 is 0. The lowest BCUT2D eigenvalue weighted by Gasteiger charge is -2.20. The average molecular weight is 360 g/mol. The smallest absolute Gasteiger partial charge is 0.274 e. The van der Waals surface area contributed by atoms with Gasteiger partial charge in [0.25, 0.3) is 5.91 Å². The molecule has 0 bridgehead atoms. The third-order valence-electron chi connectivity index (χ3n) is 4.39. The van der Waals surface area contributed by atoms with Crippen LogP contribution >= 0.6 is 0 Å². The molecule has 27 heavy (non-hydrogen) atoms. The Morgan fingerprint density at radius 3 is 2.26 bits per heavy atom. The van der Waals surface area contributed by atoms with Gasteiger partial charge >= 0.3 is 0 Å². The van der Waals surface area contributed by atoms with E-state index in [1.54, 1.807) is 11.1 Å². The number of nitrogens with zero attached hydrogens (tertiary/aromatic N) is 3. The van der Waals surface area contributed by atoms with E-state index in [4.69, 9.17) is 0 Å². The average Bonchev–Trinajstić information content (AvgIpc) is 2.73. The van der Waals surface area contributed by atoms with Crippen molar-refractivity contribution in [2.75, 3.05) is 11.9 Å². The number of hydrogen-bond donors (Lipinski definition) is 1. The molecule has 1 aromatic heterocycles. The summed E-state index contributed by atoms with van der Waals surface area (Å²) < 4.78 is 0. The van der Waals surface area contributed by atoms with Crippen LogP contribution in [0.1, 0.15) is 35.5 Å². The number of benzene rings is 2. The maximum Gasteiger partial charge on any atom is 0.274 e. The first-order valence-electron chi connectivity index (χ1n) is 9.20. The van der Waals surface area contributed by atoms with E-state index >= 15 is 0 Å². The number of hydrogen-bond acceptors (Lipinski definition) is 4. The number of nitrogens with one attached hydrogen (secondary N) is 1. The van der Waals surface area contributed by atoms with Crippen molar-refractivity contribution in [2.24, 2.45) is 0 Å². The van der Waals surface area contributed by atoms with Gasteiger partial charge in [0.2, 0.25) is 0 Å². The predicted octanol–water partition coefficient (Wildman–Crippen LogP) is 4.44. The molecule has 5 heteroatoms. The molecule has 138 valence electrons. The second kappa shape index (κ2) is 8.94. The molecule has 0 aliphatic carbocycles. The zero-order valence-corrected chi connectivity index (χ0v) is 15.7. The summed E-state index contributed by atoms with van der Waals surface area (Å²) in [5.41, 5.74) is 3.67. The van der Waals surface area contributed by atoms with E-state index in [0.717, 1.165) is 17.7 Å². The second-order valence-electron chi connectivity index (χ2n) is 6.27. The van der Waals surface area contributed by atoms with E-state index in [9.17, 15) is 4.79 Å². The minimum Gasteiger partial charge on any atom is -0.339 e. The number of amides is 1. The SMILES string of the molecule is CCc1ccc(Nc2cnc(C(=O)N(CC)Cc3ccccc3)cn2)cc1. The van der Waals surface area contributed by atoms with Gasteiger partial charge in [-0.3, -0.25) is 4.79 Å². The van der Waals surface area contributed by atoms with Crippen molar-refractivity contribution in [3.63, 3.8) is 0 Å². The number of carbonyl (C=O) groups is 1. The molecule has 0 aliphatic rings. The van der Waals surface area contributed by atoms with Gasteiger partial charge in [0.15, 0.2) is 0 Å². The first-order valence-corrected chi connectivity index (χ1v) is 9.20. The van der Waals surface area contributed by atoms with Crippen molar-refractivity contribution < 1.29 is 4.79 Å². The number of aryl methyl sites for hydroxylation is 1. The molecular formula is C22H24N4O. The Bertz CT molecular complexity index is 861. The first-order chi connectivity index (χ1) is 13.2. The Labute approximate surface area is 160 Å². The number of aromatic nitrogens is 2. The van der Waals surface area contributed by atoms with Gasteiger partial charge in [0.1, 0.15) is 11.5 Å². The third-order valence-corrected chi connectivity index (χ3v) is 4.39. The molecule has 0 atom stereocenters. The van der Waals surface area contributed by atoms with Crippen LogP contribution in [0.5, 0.6) is 0 Å². The van der Waals surface area contributed by atoms with Crippen LogP contribution in [0.3, 0.4) is 0 Å². The van der Waals surface area contributed by atoms with Gasteiger partial charge in [-0.05, 0) is 36.6 Å². The quantitative estimate of drug-likeness (QED) is 0.676. The van der Waals surface area contributed by atoms with Gasteiger partial charge in [-0.1, -0.05) is 49.4 Å². The molecular weight excluding hydrogens is 336 g/mol. The minimum atomic E-state index is -0.118. The van der Waals surface area contributed by atoms with E-state index < -0.39 is 0 Å². The minimum absolute atomic E-state index is 0.118. The van der Waals surface area contributed by atoms with Crippen molar-refractivity contribution in [2.45, 2.75) is 26.8 Å². The van der Waals surface area contributed by atoms with Crippen LogP contribution in [0, 0.1) is 0 Å². The molecule has 1 amide bonds. The van der Waals surface area contributed by atoms with Gasteiger partial charge < -0.3 is 10.2 Å². The van der Waals surface area contributed by atoms with Gasteiger partial charge in [-0.25, -0.2) is 9.97 Å². The van der Waals surface area contributed by atoms with Crippen LogP contribution in [0.25, 0.3) is 0 Å². The fraction of sp³-hybridized carbons (Fsp3) is 0.227.